The summed E-state index contributed by atoms with van der Waals surface area (Å²) in [6, 6.07) is 8.76. The number of rotatable bonds is 4. The summed E-state index contributed by atoms with van der Waals surface area (Å²) >= 11 is 6.42. The van der Waals surface area contributed by atoms with Crippen molar-refractivity contribution in [3.05, 3.63) is 59.3 Å². The first-order valence-corrected chi connectivity index (χ1v) is 9.65. The predicted molar refractivity (Wildman–Crippen MR) is 108 cm³/mol. The van der Waals surface area contributed by atoms with Crippen LogP contribution in [0, 0.1) is 0 Å². The van der Waals surface area contributed by atoms with E-state index in [1.165, 1.54) is 17.6 Å². The first kappa shape index (κ1) is 17.3. The normalized spacial score (nSPS) is 19.9. The average molecular weight is 367 g/mol. The Labute approximate surface area is 159 Å². The molecule has 0 radical (unpaired) electrons. The molecule has 0 spiro atoms. The molecule has 0 bridgehead atoms. The number of allylic oxidation sites excluding steroid dienone is 4. The second-order valence-electron chi connectivity index (χ2n) is 6.80. The zero-order chi connectivity index (χ0) is 17.8. The molecule has 2 aliphatic rings. The second-order valence-corrected chi connectivity index (χ2v) is 7.20. The largest absolute Gasteiger partial charge is 0.350 e. The van der Waals surface area contributed by atoms with Gasteiger partial charge in [0, 0.05) is 18.2 Å². The van der Waals surface area contributed by atoms with Crippen LogP contribution in [0.3, 0.4) is 0 Å². The molecule has 1 aliphatic heterocycles. The van der Waals surface area contributed by atoms with E-state index in [4.69, 9.17) is 16.6 Å². The van der Waals surface area contributed by atoms with Crippen molar-refractivity contribution in [2.24, 2.45) is 0 Å². The fourth-order valence-corrected chi connectivity index (χ4v) is 3.67. The van der Waals surface area contributed by atoms with E-state index in [1.54, 1.807) is 6.20 Å². The molecule has 1 unspecified atom stereocenters. The Hall–Kier alpha value is -2.17. The molecule has 4 rings (SSSR count). The van der Waals surface area contributed by atoms with E-state index in [0.29, 0.717) is 17.0 Å². The molecule has 1 fully saturated rings. The minimum absolute atomic E-state index is 0.363. The third kappa shape index (κ3) is 3.97. The maximum Gasteiger partial charge on any atom is 0.223 e. The number of anilines is 1. The van der Waals surface area contributed by atoms with Gasteiger partial charge in [-0.05, 0) is 49.4 Å². The Morgan fingerprint density at radius 2 is 2.12 bits per heavy atom. The second kappa shape index (κ2) is 8.02. The molecule has 2 aromatic rings. The monoisotopic (exact) mass is 366 g/mol. The van der Waals surface area contributed by atoms with Crippen LogP contribution in [0.2, 0.25) is 5.02 Å². The molecule has 4 nitrogen and oxygen atoms in total. The third-order valence-corrected chi connectivity index (χ3v) is 5.12. The zero-order valence-electron chi connectivity index (χ0n) is 14.7. The number of aromatic nitrogens is 2. The van der Waals surface area contributed by atoms with Crippen LogP contribution >= 0.6 is 11.6 Å². The van der Waals surface area contributed by atoms with Gasteiger partial charge in [-0.3, -0.25) is 0 Å². The maximum absolute atomic E-state index is 6.42. The average Bonchev–Trinajstić information content (AvgIpc) is 2.71. The summed E-state index contributed by atoms with van der Waals surface area (Å²) in [4.78, 5) is 9.07. The predicted octanol–water partition coefficient (Wildman–Crippen LogP) is 4.69. The molecular formula is C21H23ClN4. The zero-order valence-corrected chi connectivity index (χ0v) is 15.5. The van der Waals surface area contributed by atoms with Crippen molar-refractivity contribution in [3.63, 3.8) is 0 Å². The lowest BCUT2D eigenvalue weighted by atomic mass is 9.97. The minimum atomic E-state index is 0.363. The molecule has 2 N–H and O–H groups in total. The van der Waals surface area contributed by atoms with Gasteiger partial charge in [-0.25, -0.2) is 9.97 Å². The van der Waals surface area contributed by atoms with Crippen LogP contribution in [0.1, 0.15) is 31.2 Å². The molecule has 2 heterocycles. The maximum atomic E-state index is 6.42. The number of nitrogens with one attached hydrogen (secondary N) is 2. The van der Waals surface area contributed by atoms with E-state index >= 15 is 0 Å². The van der Waals surface area contributed by atoms with Crippen molar-refractivity contribution >= 4 is 23.1 Å². The molecule has 134 valence electrons. The van der Waals surface area contributed by atoms with Crippen molar-refractivity contribution in [2.75, 3.05) is 18.4 Å². The Bertz CT molecular complexity index is 838. The highest BCUT2D eigenvalue weighted by atomic mass is 35.5. The fourth-order valence-electron chi connectivity index (χ4n) is 3.47. The summed E-state index contributed by atoms with van der Waals surface area (Å²) in [6.07, 6.45) is 12.9. The molecule has 26 heavy (non-hydrogen) atoms. The topological polar surface area (TPSA) is 49.8 Å². The van der Waals surface area contributed by atoms with Crippen molar-refractivity contribution < 1.29 is 0 Å². The highest BCUT2D eigenvalue weighted by Gasteiger charge is 2.15. The number of hydrogen-bond donors (Lipinski definition) is 2. The molecule has 1 aliphatic carbocycles. The van der Waals surface area contributed by atoms with Crippen LogP contribution in [0.4, 0.5) is 5.95 Å². The molecular weight excluding hydrogens is 344 g/mol. The first-order chi connectivity index (χ1) is 12.8. The molecule has 5 heteroatoms. The molecule has 1 saturated heterocycles. The van der Waals surface area contributed by atoms with E-state index in [-0.39, 0.29) is 0 Å². The number of benzene rings is 1. The van der Waals surface area contributed by atoms with Crippen LogP contribution < -0.4 is 10.6 Å². The van der Waals surface area contributed by atoms with Crippen LogP contribution in [-0.4, -0.2) is 29.1 Å². The number of halogens is 1. The highest BCUT2D eigenvalue weighted by molar-refractivity contribution is 6.32. The van der Waals surface area contributed by atoms with Gasteiger partial charge in [0.2, 0.25) is 5.95 Å². The molecule has 1 aromatic heterocycles. The smallest absolute Gasteiger partial charge is 0.223 e. The van der Waals surface area contributed by atoms with Crippen molar-refractivity contribution in [1.82, 2.24) is 15.3 Å². The number of nitrogens with zero attached hydrogens (tertiary/aromatic N) is 2. The van der Waals surface area contributed by atoms with E-state index < -0.39 is 0 Å². The third-order valence-electron chi connectivity index (χ3n) is 4.84. The minimum Gasteiger partial charge on any atom is -0.350 e. The van der Waals surface area contributed by atoms with Crippen molar-refractivity contribution in [3.8, 4) is 11.3 Å². The highest BCUT2D eigenvalue weighted by Crippen LogP contribution is 2.30. The van der Waals surface area contributed by atoms with Gasteiger partial charge in [-0.15, -0.1) is 0 Å². The number of piperidine rings is 1. The SMILES string of the molecule is Clc1cnc(NC2CCCNC2)nc1-c1cccc(C2=CCCC=C2)c1. The van der Waals surface area contributed by atoms with E-state index in [1.807, 2.05) is 0 Å². The van der Waals surface area contributed by atoms with Crippen molar-refractivity contribution in [2.45, 2.75) is 31.7 Å². The standard InChI is InChI=1S/C21H23ClN4/c22-19-14-24-21(25-18-10-5-11-23-13-18)26-20(19)17-9-4-8-16(12-17)15-6-2-1-3-7-15/h2,4,6-9,12,14,18,23H,1,3,5,10-11,13H2,(H,24,25,26). The summed E-state index contributed by atoms with van der Waals surface area (Å²) < 4.78 is 0. The van der Waals surface area contributed by atoms with Gasteiger partial charge in [0.1, 0.15) is 0 Å². The quantitative estimate of drug-likeness (QED) is 0.823. The number of hydrogen-bond acceptors (Lipinski definition) is 4. The molecule has 0 saturated carbocycles. The van der Waals surface area contributed by atoms with E-state index in [2.05, 4.69) is 58.1 Å². The van der Waals surface area contributed by atoms with Crippen LogP contribution in [0.25, 0.3) is 16.8 Å². The van der Waals surface area contributed by atoms with Crippen molar-refractivity contribution in [1.29, 1.82) is 0 Å². The fraction of sp³-hybridized carbons (Fsp3) is 0.333. The molecule has 0 amide bonds. The lowest BCUT2D eigenvalue weighted by Gasteiger charge is -2.24. The molecule has 1 atom stereocenters. The summed E-state index contributed by atoms with van der Waals surface area (Å²) in [5, 5.41) is 7.40. The van der Waals surface area contributed by atoms with Gasteiger partial charge < -0.3 is 10.6 Å². The van der Waals surface area contributed by atoms with Gasteiger partial charge in [0.05, 0.1) is 16.9 Å². The van der Waals surface area contributed by atoms with Gasteiger partial charge >= 0.3 is 0 Å². The summed E-state index contributed by atoms with van der Waals surface area (Å²) in [5.74, 6) is 0.639. The van der Waals surface area contributed by atoms with E-state index in [0.717, 1.165) is 43.6 Å². The van der Waals surface area contributed by atoms with Gasteiger partial charge in [-0.1, -0.05) is 48.0 Å². The molecule has 1 aromatic carbocycles. The van der Waals surface area contributed by atoms with Gasteiger partial charge in [0.25, 0.3) is 0 Å². The Morgan fingerprint density at radius 3 is 2.92 bits per heavy atom. The Morgan fingerprint density at radius 1 is 1.19 bits per heavy atom. The summed E-state index contributed by atoms with van der Waals surface area (Å²) in [5.41, 5.74) is 4.24. The van der Waals surface area contributed by atoms with Crippen LogP contribution in [-0.2, 0) is 0 Å². The van der Waals surface area contributed by atoms with Crippen LogP contribution in [0.5, 0.6) is 0 Å². The van der Waals surface area contributed by atoms with E-state index in [9.17, 15) is 0 Å². The Balaban J connectivity index is 1.61. The van der Waals surface area contributed by atoms with Gasteiger partial charge in [0.15, 0.2) is 0 Å². The van der Waals surface area contributed by atoms with Gasteiger partial charge in [-0.2, -0.15) is 0 Å². The first-order valence-electron chi connectivity index (χ1n) is 9.27. The lowest BCUT2D eigenvalue weighted by molar-refractivity contribution is 0.478. The summed E-state index contributed by atoms with van der Waals surface area (Å²) in [6.45, 7) is 2.03. The van der Waals surface area contributed by atoms with Crippen LogP contribution in [0.15, 0.2) is 48.7 Å². The lowest BCUT2D eigenvalue weighted by Crippen LogP contribution is -2.38. The Kier molecular flexibility index (Phi) is 5.32. The summed E-state index contributed by atoms with van der Waals surface area (Å²) in [7, 11) is 0.